The minimum Gasteiger partial charge on any atom is -0.309 e. The van der Waals surface area contributed by atoms with Crippen LogP contribution in [-0.2, 0) is 9.84 Å². The second-order valence-corrected chi connectivity index (χ2v) is 10.4. The Morgan fingerprint density at radius 1 is 0.472 bits per heavy atom. The van der Waals surface area contributed by atoms with E-state index in [1.807, 2.05) is 0 Å². The summed E-state index contributed by atoms with van der Waals surface area (Å²) in [6, 6.07) is 40.3. The molecule has 5 aromatic carbocycles. The molecule has 0 N–H and O–H groups in total. The van der Waals surface area contributed by atoms with Crippen molar-refractivity contribution in [2.75, 3.05) is 0 Å². The molecule has 5 heteroatoms. The van der Waals surface area contributed by atoms with E-state index < -0.39 is 9.84 Å². The minimum atomic E-state index is -3.56. The monoisotopic (exact) mass is 487 g/mol. The molecular weight excluding hydrogens is 466 g/mol. The summed E-state index contributed by atoms with van der Waals surface area (Å²) >= 11 is 0. The fraction of sp³-hybridized carbons (Fsp3) is 0. The minimum absolute atomic E-state index is 0.101. The molecule has 36 heavy (non-hydrogen) atoms. The van der Waals surface area contributed by atoms with Crippen molar-refractivity contribution < 1.29 is 13.2 Å². The van der Waals surface area contributed by atoms with Crippen LogP contribution in [0.15, 0.2) is 137 Å². The Morgan fingerprint density at radius 3 is 1.42 bits per heavy atom. The van der Waals surface area contributed by atoms with E-state index in [9.17, 15) is 13.2 Å². The molecule has 0 saturated carbocycles. The van der Waals surface area contributed by atoms with Gasteiger partial charge in [0.05, 0.1) is 20.8 Å². The van der Waals surface area contributed by atoms with Crippen molar-refractivity contribution in [1.82, 2.24) is 4.57 Å². The summed E-state index contributed by atoms with van der Waals surface area (Å²) < 4.78 is 26.9. The first kappa shape index (κ1) is 22.0. The van der Waals surface area contributed by atoms with E-state index in [4.69, 9.17) is 0 Å². The fourth-order valence-electron chi connectivity index (χ4n) is 4.82. The normalized spacial score (nSPS) is 13.5. The van der Waals surface area contributed by atoms with Crippen LogP contribution in [0.3, 0.4) is 0 Å². The molecule has 0 saturated heterocycles. The van der Waals surface area contributed by atoms with E-state index in [1.54, 1.807) is 36.4 Å². The van der Waals surface area contributed by atoms with Gasteiger partial charge in [-0.05, 0) is 48.5 Å². The zero-order valence-corrected chi connectivity index (χ0v) is 20.0. The van der Waals surface area contributed by atoms with E-state index >= 15 is 0 Å². The van der Waals surface area contributed by atoms with Crippen LogP contribution in [-0.4, -0.2) is 18.8 Å². The molecule has 0 unspecified atom stereocenters. The predicted molar refractivity (Wildman–Crippen MR) is 143 cm³/mol. The topological polar surface area (TPSA) is 56.1 Å². The lowest BCUT2D eigenvalue weighted by Gasteiger charge is -2.17. The summed E-state index contributed by atoms with van der Waals surface area (Å²) in [7, 11) is -3.56. The quantitative estimate of drug-likeness (QED) is 0.255. The number of para-hydroxylation sites is 3. The lowest BCUT2D eigenvalue weighted by molar-refractivity contribution is 0.103. The van der Waals surface area contributed by atoms with Gasteiger partial charge in [0.25, 0.3) is 0 Å². The van der Waals surface area contributed by atoms with E-state index in [0.29, 0.717) is 0 Å². The van der Waals surface area contributed by atoms with Crippen LogP contribution in [0.5, 0.6) is 0 Å². The van der Waals surface area contributed by atoms with Gasteiger partial charge in [0.1, 0.15) is 0 Å². The molecule has 0 bridgehead atoms. The number of carbonyl (C=O) groups excluding carboxylic acids is 1. The number of nitrogens with zero attached hydrogens (tertiary/aromatic N) is 1. The standard InChI is InChI=1S/C18H13N.C13H8O3S/c1-2-8-14(9-3-1)19-17-12-6-4-10-15(17)16-11-5-7-13-18(16)19;14-13-9-5-1-3-7-11(9)17(15,16)12-8-4-2-6-10(12)13/h1-13H;1-8H. The molecule has 0 amide bonds. The summed E-state index contributed by atoms with van der Waals surface area (Å²) in [6.07, 6.45) is 0. The summed E-state index contributed by atoms with van der Waals surface area (Å²) in [5, 5.41) is 2.61. The molecule has 0 radical (unpaired) electrons. The molecule has 0 fully saturated rings. The molecule has 0 aliphatic carbocycles. The molecule has 0 atom stereocenters. The smallest absolute Gasteiger partial charge is 0.208 e. The van der Waals surface area contributed by atoms with Gasteiger partial charge in [-0.2, -0.15) is 0 Å². The molecule has 6 aromatic rings. The van der Waals surface area contributed by atoms with Crippen molar-refractivity contribution >= 4 is 37.4 Å². The maximum atomic E-state index is 12.3. The zero-order chi connectivity index (χ0) is 24.7. The second-order valence-electron chi connectivity index (χ2n) is 8.53. The Kier molecular flexibility index (Phi) is 5.28. The van der Waals surface area contributed by atoms with Gasteiger partial charge in [-0.1, -0.05) is 78.9 Å². The van der Waals surface area contributed by atoms with Crippen molar-refractivity contribution in [1.29, 1.82) is 0 Å². The lowest BCUT2D eigenvalue weighted by Crippen LogP contribution is -2.19. The maximum Gasteiger partial charge on any atom is 0.208 e. The highest BCUT2D eigenvalue weighted by Gasteiger charge is 2.33. The average Bonchev–Trinajstić information content (AvgIpc) is 3.27. The van der Waals surface area contributed by atoms with Crippen LogP contribution in [0.25, 0.3) is 27.5 Å². The Labute approximate surface area is 209 Å². The summed E-state index contributed by atoms with van der Waals surface area (Å²) in [6.45, 7) is 0. The van der Waals surface area contributed by atoms with Crippen LogP contribution < -0.4 is 0 Å². The van der Waals surface area contributed by atoms with E-state index in [0.717, 1.165) is 0 Å². The number of hydrogen-bond acceptors (Lipinski definition) is 3. The molecule has 7 rings (SSSR count). The van der Waals surface area contributed by atoms with Crippen molar-refractivity contribution in [2.24, 2.45) is 0 Å². The number of hydrogen-bond donors (Lipinski definition) is 0. The number of carbonyl (C=O) groups is 1. The number of fused-ring (bicyclic) bond motifs is 5. The van der Waals surface area contributed by atoms with Crippen LogP contribution in [0.2, 0.25) is 0 Å². The molecule has 4 nitrogen and oxygen atoms in total. The first-order valence-corrected chi connectivity index (χ1v) is 13.1. The average molecular weight is 488 g/mol. The number of ketones is 1. The van der Waals surface area contributed by atoms with Crippen molar-refractivity contribution in [3.8, 4) is 5.69 Å². The van der Waals surface area contributed by atoms with Crippen molar-refractivity contribution in [3.05, 3.63) is 139 Å². The van der Waals surface area contributed by atoms with Crippen molar-refractivity contribution in [2.45, 2.75) is 9.79 Å². The van der Waals surface area contributed by atoms with Gasteiger partial charge in [0, 0.05) is 27.6 Å². The fourth-order valence-corrected chi connectivity index (χ4v) is 6.47. The van der Waals surface area contributed by atoms with E-state index in [1.165, 1.54) is 39.6 Å². The Morgan fingerprint density at radius 2 is 0.889 bits per heavy atom. The molecular formula is C31H21NO3S. The van der Waals surface area contributed by atoms with Gasteiger partial charge in [0.2, 0.25) is 9.84 Å². The second kappa shape index (κ2) is 8.63. The molecule has 1 aliphatic heterocycles. The number of aromatic nitrogens is 1. The maximum absolute atomic E-state index is 12.3. The van der Waals surface area contributed by atoms with Gasteiger partial charge >= 0.3 is 0 Å². The highest BCUT2D eigenvalue weighted by atomic mass is 32.2. The number of rotatable bonds is 1. The lowest BCUT2D eigenvalue weighted by atomic mass is 10.0. The predicted octanol–water partition coefficient (Wildman–Crippen LogP) is 6.85. The first-order chi connectivity index (χ1) is 17.6. The van der Waals surface area contributed by atoms with Gasteiger partial charge in [-0.3, -0.25) is 4.79 Å². The molecule has 1 aliphatic rings. The van der Waals surface area contributed by atoms with Gasteiger partial charge in [0.15, 0.2) is 5.78 Å². The number of sulfone groups is 1. The van der Waals surface area contributed by atoms with Crippen molar-refractivity contribution in [3.63, 3.8) is 0 Å². The zero-order valence-electron chi connectivity index (χ0n) is 19.2. The number of benzene rings is 5. The molecule has 2 heterocycles. The molecule has 174 valence electrons. The van der Waals surface area contributed by atoms with Gasteiger partial charge in [-0.25, -0.2) is 8.42 Å². The van der Waals surface area contributed by atoms with Gasteiger partial charge in [-0.15, -0.1) is 0 Å². The van der Waals surface area contributed by atoms with E-state index in [2.05, 4.69) is 83.4 Å². The summed E-state index contributed by atoms with van der Waals surface area (Å²) in [4.78, 5) is 12.3. The Hall–Kier alpha value is -4.48. The largest absolute Gasteiger partial charge is 0.309 e. The third-order valence-corrected chi connectivity index (χ3v) is 8.31. The van der Waals surface area contributed by atoms with Crippen LogP contribution >= 0.6 is 0 Å². The Balaban J connectivity index is 0.000000134. The van der Waals surface area contributed by atoms with E-state index in [-0.39, 0.29) is 26.7 Å². The third kappa shape index (κ3) is 3.44. The summed E-state index contributed by atoms with van der Waals surface area (Å²) in [5.41, 5.74) is 4.24. The molecule has 0 spiro atoms. The Bertz CT molecular complexity index is 1760. The van der Waals surface area contributed by atoms with Crippen LogP contribution in [0, 0.1) is 0 Å². The highest BCUT2D eigenvalue weighted by Crippen LogP contribution is 2.34. The molecule has 1 aromatic heterocycles. The summed E-state index contributed by atoms with van der Waals surface area (Å²) in [5.74, 6) is -0.231. The first-order valence-electron chi connectivity index (χ1n) is 11.6. The van der Waals surface area contributed by atoms with Gasteiger partial charge < -0.3 is 4.57 Å². The SMILES string of the molecule is O=C1c2ccccc2S(=O)(=O)c2ccccc21.c1ccc(-n2c3ccccc3c3ccccc32)cc1. The van der Waals surface area contributed by atoms with Crippen LogP contribution in [0.1, 0.15) is 15.9 Å². The third-order valence-electron chi connectivity index (χ3n) is 6.44. The van der Waals surface area contributed by atoms with Crippen LogP contribution in [0.4, 0.5) is 0 Å². The highest BCUT2D eigenvalue weighted by molar-refractivity contribution is 7.91.